The van der Waals surface area contributed by atoms with Crippen molar-refractivity contribution < 1.29 is 14.6 Å². The van der Waals surface area contributed by atoms with E-state index in [1.54, 1.807) is 6.08 Å². The summed E-state index contributed by atoms with van der Waals surface area (Å²) in [5.74, 6) is 0.763. The van der Waals surface area contributed by atoms with Crippen LogP contribution >= 0.6 is 0 Å². The van der Waals surface area contributed by atoms with Gasteiger partial charge in [-0.1, -0.05) is 48.5 Å². The van der Waals surface area contributed by atoms with Gasteiger partial charge in [-0.15, -0.1) is 6.58 Å². The van der Waals surface area contributed by atoms with Crippen molar-refractivity contribution in [2.45, 2.75) is 19.1 Å². The van der Waals surface area contributed by atoms with Gasteiger partial charge >= 0.3 is 6.09 Å². The van der Waals surface area contributed by atoms with E-state index in [0.29, 0.717) is 13.0 Å². The van der Waals surface area contributed by atoms with Gasteiger partial charge in [0, 0.05) is 0 Å². The van der Waals surface area contributed by atoms with Crippen LogP contribution in [0.4, 0.5) is 4.79 Å². The van der Waals surface area contributed by atoms with E-state index in [0.717, 1.165) is 16.9 Å². The molecule has 2 rings (SSSR count). The van der Waals surface area contributed by atoms with Gasteiger partial charge in [-0.3, -0.25) is 0 Å². The zero-order valence-electron chi connectivity index (χ0n) is 12.2. The number of nitrogens with one attached hydrogen (secondary N) is 1. The molecule has 0 fully saturated rings. The van der Waals surface area contributed by atoms with Crippen LogP contribution in [0.2, 0.25) is 0 Å². The zero-order valence-corrected chi connectivity index (χ0v) is 12.2. The zero-order chi connectivity index (χ0) is 15.8. The van der Waals surface area contributed by atoms with Crippen LogP contribution in [-0.4, -0.2) is 17.2 Å². The molecule has 0 radical (unpaired) electrons. The minimum atomic E-state index is -1.05. The first-order valence-corrected chi connectivity index (χ1v) is 7.05. The number of ether oxygens (including phenoxy) is 1. The highest BCUT2D eigenvalue weighted by atomic mass is 16.5. The van der Waals surface area contributed by atoms with Gasteiger partial charge in [-0.05, 0) is 29.7 Å². The number of benzene rings is 2. The molecule has 0 spiro atoms. The fraction of sp³-hybridized carbons (Fsp3) is 0.167. The van der Waals surface area contributed by atoms with Gasteiger partial charge < -0.3 is 15.2 Å². The van der Waals surface area contributed by atoms with Crippen LogP contribution in [0.1, 0.15) is 11.1 Å². The molecule has 0 aromatic heterocycles. The quantitative estimate of drug-likeness (QED) is 0.767. The molecule has 1 amide bonds. The molecule has 0 aliphatic heterocycles. The minimum absolute atomic E-state index is 0.318. The average Bonchev–Trinajstić information content (AvgIpc) is 2.53. The Morgan fingerprint density at radius 2 is 1.91 bits per heavy atom. The van der Waals surface area contributed by atoms with Gasteiger partial charge in [0.25, 0.3) is 0 Å². The largest absolute Gasteiger partial charge is 0.489 e. The molecule has 4 nitrogen and oxygen atoms in total. The topological polar surface area (TPSA) is 58.6 Å². The van der Waals surface area contributed by atoms with Crippen LogP contribution < -0.4 is 10.1 Å². The van der Waals surface area contributed by atoms with Gasteiger partial charge in [0.05, 0.1) is 6.04 Å². The third kappa shape index (κ3) is 4.98. The summed E-state index contributed by atoms with van der Waals surface area (Å²) < 4.78 is 5.77. The maximum atomic E-state index is 10.7. The predicted molar refractivity (Wildman–Crippen MR) is 86.1 cm³/mol. The Labute approximate surface area is 130 Å². The molecule has 0 aliphatic rings. The molecule has 1 atom stereocenters. The van der Waals surface area contributed by atoms with E-state index in [-0.39, 0.29) is 6.04 Å². The second-order valence-electron chi connectivity index (χ2n) is 4.92. The fourth-order valence-electron chi connectivity index (χ4n) is 2.11. The van der Waals surface area contributed by atoms with Crippen molar-refractivity contribution >= 4 is 6.09 Å². The van der Waals surface area contributed by atoms with Gasteiger partial charge in [-0.2, -0.15) is 0 Å². The lowest BCUT2D eigenvalue weighted by atomic mass is 10.1. The molecule has 0 heterocycles. The van der Waals surface area contributed by atoms with E-state index >= 15 is 0 Å². The predicted octanol–water partition coefficient (Wildman–Crippen LogP) is 3.63. The van der Waals surface area contributed by atoms with E-state index in [2.05, 4.69) is 11.9 Å². The molecule has 114 valence electrons. The summed E-state index contributed by atoms with van der Waals surface area (Å²) in [6.07, 6.45) is 1.07. The molecule has 4 heteroatoms. The van der Waals surface area contributed by atoms with Gasteiger partial charge in [0.15, 0.2) is 0 Å². The molecular weight excluding hydrogens is 278 g/mol. The molecule has 22 heavy (non-hydrogen) atoms. The molecule has 2 N–H and O–H groups in total. The van der Waals surface area contributed by atoms with Crippen molar-refractivity contribution in [1.29, 1.82) is 0 Å². The van der Waals surface area contributed by atoms with Gasteiger partial charge in [0.1, 0.15) is 12.4 Å². The summed E-state index contributed by atoms with van der Waals surface area (Å²) in [5.41, 5.74) is 2.09. The molecule has 0 unspecified atom stereocenters. The highest BCUT2D eigenvalue weighted by Crippen LogP contribution is 2.16. The average molecular weight is 297 g/mol. The maximum Gasteiger partial charge on any atom is 0.405 e. The van der Waals surface area contributed by atoms with Crippen LogP contribution in [0.15, 0.2) is 67.3 Å². The van der Waals surface area contributed by atoms with E-state index in [9.17, 15) is 4.79 Å². The fourth-order valence-corrected chi connectivity index (χ4v) is 2.11. The van der Waals surface area contributed by atoms with E-state index in [1.165, 1.54) is 0 Å². The number of rotatable bonds is 7. The van der Waals surface area contributed by atoms with Crippen LogP contribution in [0.5, 0.6) is 5.75 Å². The van der Waals surface area contributed by atoms with Crippen molar-refractivity contribution in [2.75, 3.05) is 0 Å². The summed E-state index contributed by atoms with van der Waals surface area (Å²) >= 11 is 0. The van der Waals surface area contributed by atoms with Crippen molar-refractivity contribution in [3.63, 3.8) is 0 Å². The number of carbonyl (C=O) groups is 1. The van der Waals surface area contributed by atoms with Crippen molar-refractivity contribution in [1.82, 2.24) is 5.32 Å². The normalized spacial score (nSPS) is 11.5. The number of hydrogen-bond donors (Lipinski definition) is 2. The molecule has 2 aromatic carbocycles. The summed E-state index contributed by atoms with van der Waals surface area (Å²) in [6, 6.07) is 17.3. The van der Waals surface area contributed by atoms with Crippen molar-refractivity contribution in [3.8, 4) is 5.75 Å². The van der Waals surface area contributed by atoms with Crippen LogP contribution in [0.3, 0.4) is 0 Å². The third-order valence-corrected chi connectivity index (χ3v) is 3.20. The molecule has 2 aromatic rings. The SMILES string of the molecule is C=C[C@H](Cc1cccc(OCc2ccccc2)c1)NC(=O)O. The minimum Gasteiger partial charge on any atom is -0.489 e. The summed E-state index contributed by atoms with van der Waals surface area (Å²) in [5, 5.41) is 11.2. The number of amides is 1. The Bertz CT molecular complexity index is 625. The monoisotopic (exact) mass is 297 g/mol. The number of carboxylic acid groups (broad SMARTS) is 1. The van der Waals surface area contributed by atoms with Gasteiger partial charge in [-0.25, -0.2) is 4.79 Å². The second kappa shape index (κ2) is 7.88. The summed E-state index contributed by atoms with van der Waals surface area (Å²) in [6.45, 7) is 4.15. The van der Waals surface area contributed by atoms with E-state index in [4.69, 9.17) is 9.84 Å². The summed E-state index contributed by atoms with van der Waals surface area (Å²) in [7, 11) is 0. The first-order chi connectivity index (χ1) is 10.7. The Morgan fingerprint density at radius 1 is 1.18 bits per heavy atom. The molecule has 0 saturated heterocycles. The first kappa shape index (κ1) is 15.6. The highest BCUT2D eigenvalue weighted by Gasteiger charge is 2.08. The lowest BCUT2D eigenvalue weighted by Crippen LogP contribution is -2.33. The standard InChI is InChI=1S/C18H19NO3/c1-2-16(19-18(20)21)11-15-9-6-10-17(12-15)22-13-14-7-4-3-5-8-14/h2-10,12,16,19H,1,11,13H2,(H,20,21)/t16-/m1/s1. The molecular formula is C18H19NO3. The summed E-state index contributed by atoms with van der Waals surface area (Å²) in [4.78, 5) is 10.7. The Morgan fingerprint density at radius 3 is 2.59 bits per heavy atom. The molecule has 0 saturated carbocycles. The van der Waals surface area contributed by atoms with Crippen molar-refractivity contribution in [3.05, 3.63) is 78.4 Å². The smallest absolute Gasteiger partial charge is 0.405 e. The molecule has 0 aliphatic carbocycles. The van der Waals surface area contributed by atoms with Crippen LogP contribution in [-0.2, 0) is 13.0 Å². The van der Waals surface area contributed by atoms with E-state index < -0.39 is 6.09 Å². The van der Waals surface area contributed by atoms with Crippen LogP contribution in [0, 0.1) is 0 Å². The van der Waals surface area contributed by atoms with E-state index in [1.807, 2.05) is 54.6 Å². The van der Waals surface area contributed by atoms with Gasteiger partial charge in [0.2, 0.25) is 0 Å². The lowest BCUT2D eigenvalue weighted by Gasteiger charge is -2.13. The highest BCUT2D eigenvalue weighted by molar-refractivity contribution is 5.65. The lowest BCUT2D eigenvalue weighted by molar-refractivity contribution is 0.192. The molecule has 0 bridgehead atoms. The maximum absolute atomic E-state index is 10.7. The number of hydrogen-bond acceptors (Lipinski definition) is 2. The first-order valence-electron chi connectivity index (χ1n) is 7.05. The van der Waals surface area contributed by atoms with Crippen LogP contribution in [0.25, 0.3) is 0 Å². The second-order valence-corrected chi connectivity index (χ2v) is 4.92. The Balaban J connectivity index is 1.97. The Kier molecular flexibility index (Phi) is 5.60. The van der Waals surface area contributed by atoms with Crippen molar-refractivity contribution in [2.24, 2.45) is 0 Å². The Hall–Kier alpha value is -2.75. The third-order valence-electron chi connectivity index (χ3n) is 3.20.